The van der Waals surface area contributed by atoms with Crippen molar-refractivity contribution in [3.63, 3.8) is 0 Å². The van der Waals surface area contributed by atoms with Crippen molar-refractivity contribution in [3.05, 3.63) is 29.8 Å². The van der Waals surface area contributed by atoms with Crippen LogP contribution in [0.15, 0.2) is 24.3 Å². The van der Waals surface area contributed by atoms with Crippen molar-refractivity contribution in [2.24, 2.45) is 5.92 Å². The summed E-state index contributed by atoms with van der Waals surface area (Å²) in [5, 5.41) is 8.92. The van der Waals surface area contributed by atoms with E-state index in [4.69, 9.17) is 9.84 Å². The number of hydrogen-bond acceptors (Lipinski definition) is 3. The summed E-state index contributed by atoms with van der Waals surface area (Å²) >= 11 is 0. The lowest BCUT2D eigenvalue weighted by Crippen LogP contribution is -2.52. The number of carbonyl (C=O) groups excluding carboxylic acids is 1. The average Bonchev–Trinajstić information content (AvgIpc) is 2.35. The molecule has 0 saturated carbocycles. The molecule has 4 heteroatoms. The molecule has 1 aromatic carbocycles. The highest BCUT2D eigenvalue weighted by Crippen LogP contribution is 2.26. The van der Waals surface area contributed by atoms with Gasteiger partial charge in [-0.25, -0.2) is 0 Å². The Morgan fingerprint density at radius 3 is 2.74 bits per heavy atom. The van der Waals surface area contributed by atoms with Gasteiger partial charge in [-0.15, -0.1) is 0 Å². The number of para-hydroxylation sites is 1. The van der Waals surface area contributed by atoms with Crippen molar-refractivity contribution in [1.82, 2.24) is 4.90 Å². The van der Waals surface area contributed by atoms with Crippen LogP contribution in [0.2, 0.25) is 0 Å². The Morgan fingerprint density at radius 1 is 1.42 bits per heavy atom. The second-order valence-electron chi connectivity index (χ2n) is 5.33. The largest absolute Gasteiger partial charge is 0.483 e. The summed E-state index contributed by atoms with van der Waals surface area (Å²) in [5.74, 6) is 1.38. The fourth-order valence-corrected chi connectivity index (χ4v) is 2.21. The van der Waals surface area contributed by atoms with Crippen LogP contribution in [0.3, 0.4) is 0 Å². The van der Waals surface area contributed by atoms with E-state index < -0.39 is 0 Å². The molecule has 1 heterocycles. The Labute approximate surface area is 114 Å². The van der Waals surface area contributed by atoms with Gasteiger partial charge < -0.3 is 14.7 Å². The van der Waals surface area contributed by atoms with Crippen LogP contribution in [-0.4, -0.2) is 42.2 Å². The molecule has 0 atom stereocenters. The number of ether oxygens (including phenoxy) is 1. The van der Waals surface area contributed by atoms with Crippen molar-refractivity contribution in [1.29, 1.82) is 0 Å². The molecule has 0 radical (unpaired) electrons. The number of amides is 1. The zero-order chi connectivity index (χ0) is 13.8. The van der Waals surface area contributed by atoms with Gasteiger partial charge in [0.15, 0.2) is 6.61 Å². The number of benzene rings is 1. The number of rotatable bonds is 5. The predicted molar refractivity (Wildman–Crippen MR) is 73.2 cm³/mol. The van der Waals surface area contributed by atoms with E-state index in [0.29, 0.717) is 19.0 Å². The van der Waals surface area contributed by atoms with Crippen molar-refractivity contribution >= 4 is 5.91 Å². The molecule has 1 amide bonds. The Morgan fingerprint density at radius 2 is 2.11 bits per heavy atom. The standard InChI is InChI=1S/C15H21NO3/c1-11(2)13-5-3-4-6-14(13)19-10-15(18)16-7-12(8-16)9-17/h3-6,11-12,17H,7-10H2,1-2H3. The maximum Gasteiger partial charge on any atom is 0.260 e. The second-order valence-corrected chi connectivity index (χ2v) is 5.33. The molecule has 0 bridgehead atoms. The van der Waals surface area contributed by atoms with Gasteiger partial charge in [-0.2, -0.15) is 0 Å². The van der Waals surface area contributed by atoms with Crippen LogP contribution in [0.25, 0.3) is 0 Å². The van der Waals surface area contributed by atoms with E-state index in [2.05, 4.69) is 13.8 Å². The lowest BCUT2D eigenvalue weighted by Gasteiger charge is -2.38. The van der Waals surface area contributed by atoms with Crippen LogP contribution < -0.4 is 4.74 Å². The van der Waals surface area contributed by atoms with E-state index in [1.807, 2.05) is 24.3 Å². The maximum atomic E-state index is 11.9. The van der Waals surface area contributed by atoms with Gasteiger partial charge in [-0.3, -0.25) is 4.79 Å². The first-order valence-corrected chi connectivity index (χ1v) is 6.72. The first-order chi connectivity index (χ1) is 9.11. The molecule has 4 nitrogen and oxygen atoms in total. The van der Waals surface area contributed by atoms with Gasteiger partial charge in [0, 0.05) is 25.6 Å². The van der Waals surface area contributed by atoms with E-state index in [9.17, 15) is 4.79 Å². The highest BCUT2D eigenvalue weighted by molar-refractivity contribution is 5.78. The topological polar surface area (TPSA) is 49.8 Å². The first-order valence-electron chi connectivity index (χ1n) is 6.72. The third-order valence-corrected chi connectivity index (χ3v) is 3.46. The number of hydrogen-bond donors (Lipinski definition) is 1. The van der Waals surface area contributed by atoms with E-state index in [0.717, 1.165) is 11.3 Å². The average molecular weight is 263 g/mol. The number of likely N-dealkylation sites (tertiary alicyclic amines) is 1. The van der Waals surface area contributed by atoms with Crippen LogP contribution in [0.4, 0.5) is 0 Å². The smallest absolute Gasteiger partial charge is 0.260 e. The monoisotopic (exact) mass is 263 g/mol. The van der Waals surface area contributed by atoms with Gasteiger partial charge >= 0.3 is 0 Å². The van der Waals surface area contributed by atoms with Gasteiger partial charge in [0.1, 0.15) is 5.75 Å². The maximum absolute atomic E-state index is 11.9. The zero-order valence-electron chi connectivity index (χ0n) is 11.5. The third-order valence-electron chi connectivity index (χ3n) is 3.46. The fraction of sp³-hybridized carbons (Fsp3) is 0.533. The van der Waals surface area contributed by atoms with E-state index >= 15 is 0 Å². The molecule has 2 rings (SSSR count). The highest BCUT2D eigenvalue weighted by atomic mass is 16.5. The van der Waals surface area contributed by atoms with E-state index in [1.165, 1.54) is 0 Å². The molecule has 0 aromatic heterocycles. The van der Waals surface area contributed by atoms with Gasteiger partial charge in [0.25, 0.3) is 5.91 Å². The Bertz CT molecular complexity index is 439. The Kier molecular flexibility index (Phi) is 4.43. The van der Waals surface area contributed by atoms with Crippen LogP contribution in [-0.2, 0) is 4.79 Å². The molecule has 19 heavy (non-hydrogen) atoms. The fourth-order valence-electron chi connectivity index (χ4n) is 2.21. The van der Waals surface area contributed by atoms with Crippen LogP contribution in [0, 0.1) is 5.92 Å². The molecule has 1 aromatic rings. The summed E-state index contributed by atoms with van der Waals surface area (Å²) in [6.45, 7) is 5.72. The van der Waals surface area contributed by atoms with Crippen molar-refractivity contribution in [2.45, 2.75) is 19.8 Å². The van der Waals surface area contributed by atoms with Crippen LogP contribution in [0.5, 0.6) is 5.75 Å². The normalized spacial score (nSPS) is 15.5. The number of carbonyl (C=O) groups is 1. The number of aliphatic hydroxyl groups is 1. The molecular weight excluding hydrogens is 242 g/mol. The molecule has 0 spiro atoms. The zero-order valence-corrected chi connectivity index (χ0v) is 11.5. The summed E-state index contributed by atoms with van der Waals surface area (Å²) < 4.78 is 5.63. The molecule has 0 aliphatic carbocycles. The molecule has 104 valence electrons. The summed E-state index contributed by atoms with van der Waals surface area (Å²) in [6, 6.07) is 7.81. The molecule has 1 N–H and O–H groups in total. The lowest BCUT2D eigenvalue weighted by molar-refractivity contribution is -0.140. The third kappa shape index (κ3) is 3.26. The van der Waals surface area contributed by atoms with Crippen LogP contribution in [0.1, 0.15) is 25.3 Å². The molecule has 1 saturated heterocycles. The van der Waals surface area contributed by atoms with Gasteiger partial charge in [0.05, 0.1) is 0 Å². The van der Waals surface area contributed by atoms with Gasteiger partial charge in [0.2, 0.25) is 0 Å². The second kappa shape index (κ2) is 6.06. The summed E-state index contributed by atoms with van der Waals surface area (Å²) in [6.07, 6.45) is 0. The molecule has 1 aliphatic heterocycles. The quantitative estimate of drug-likeness (QED) is 0.878. The minimum absolute atomic E-state index is 0.0109. The van der Waals surface area contributed by atoms with Gasteiger partial charge in [-0.05, 0) is 17.5 Å². The SMILES string of the molecule is CC(C)c1ccccc1OCC(=O)N1CC(CO)C1. The van der Waals surface area contributed by atoms with Gasteiger partial charge in [-0.1, -0.05) is 32.0 Å². The molecule has 0 unspecified atom stereocenters. The lowest BCUT2D eigenvalue weighted by atomic mass is 10.0. The Hall–Kier alpha value is -1.55. The van der Waals surface area contributed by atoms with Crippen molar-refractivity contribution < 1.29 is 14.6 Å². The molecule has 1 fully saturated rings. The molecule has 1 aliphatic rings. The van der Waals surface area contributed by atoms with E-state index in [-0.39, 0.29) is 25.0 Å². The summed E-state index contributed by atoms with van der Waals surface area (Å²) in [5.41, 5.74) is 1.12. The highest BCUT2D eigenvalue weighted by Gasteiger charge is 2.30. The molecular formula is C15H21NO3. The Balaban J connectivity index is 1.87. The summed E-state index contributed by atoms with van der Waals surface area (Å²) in [4.78, 5) is 13.6. The predicted octanol–water partition coefficient (Wildman–Crippen LogP) is 1.64. The number of nitrogens with zero attached hydrogens (tertiary/aromatic N) is 1. The minimum atomic E-state index is -0.0109. The van der Waals surface area contributed by atoms with E-state index in [1.54, 1.807) is 4.90 Å². The minimum Gasteiger partial charge on any atom is -0.483 e. The number of aliphatic hydroxyl groups excluding tert-OH is 1. The first kappa shape index (κ1) is 13.9. The van der Waals surface area contributed by atoms with Crippen molar-refractivity contribution in [2.75, 3.05) is 26.3 Å². The van der Waals surface area contributed by atoms with Crippen LogP contribution >= 0.6 is 0 Å². The van der Waals surface area contributed by atoms with Crippen molar-refractivity contribution in [3.8, 4) is 5.75 Å². The summed E-state index contributed by atoms with van der Waals surface area (Å²) in [7, 11) is 0.